The molecule has 0 aromatic rings. The monoisotopic (exact) mass is 103 g/mol. The summed E-state index contributed by atoms with van der Waals surface area (Å²) in [5, 5.41) is 13.3. The summed E-state index contributed by atoms with van der Waals surface area (Å²) >= 11 is 0. The van der Waals surface area contributed by atoms with Gasteiger partial charge in [0.2, 0.25) is 0 Å². The molecule has 0 aliphatic carbocycles. The van der Waals surface area contributed by atoms with Gasteiger partial charge in [0, 0.05) is 6.54 Å². The lowest BCUT2D eigenvalue weighted by Gasteiger charge is -2.26. The van der Waals surface area contributed by atoms with E-state index in [4.69, 9.17) is 0 Å². The first-order valence-electron chi connectivity index (χ1n) is 2.37. The fourth-order valence-electron chi connectivity index (χ4n) is 0.555. The van der Waals surface area contributed by atoms with Crippen LogP contribution in [0.4, 0.5) is 0 Å². The lowest BCUT2D eigenvalue weighted by molar-refractivity contribution is -0.903. The predicted octanol–water partition coefficient (Wildman–Crippen LogP) is -2.57. The molecule has 0 amide bonds. The van der Waals surface area contributed by atoms with E-state index >= 15 is 0 Å². The molecule has 0 bridgehead atoms. The third-order valence-electron chi connectivity index (χ3n) is 0.910. The second-order valence-electron chi connectivity index (χ2n) is 1.53. The zero-order valence-corrected chi connectivity index (χ0v) is 4.03. The zero-order chi connectivity index (χ0) is 5.11. The van der Waals surface area contributed by atoms with Crippen molar-refractivity contribution in [3.05, 3.63) is 5.21 Å². The molecule has 1 rings (SSSR count). The van der Waals surface area contributed by atoms with Crippen LogP contribution in [0.5, 0.6) is 0 Å². The minimum Gasteiger partial charge on any atom is -0.612 e. The standard InChI is InChI=1S/C3H9N3O/c7-6-3-4-1-2-5-6/h4-6H,1-3H2. The smallest absolute Gasteiger partial charge is 0.148 e. The van der Waals surface area contributed by atoms with Gasteiger partial charge < -0.3 is 5.21 Å². The van der Waals surface area contributed by atoms with Gasteiger partial charge in [-0.15, -0.1) is 0 Å². The van der Waals surface area contributed by atoms with E-state index in [0.717, 1.165) is 13.1 Å². The van der Waals surface area contributed by atoms with Crippen molar-refractivity contribution in [3.8, 4) is 0 Å². The number of hydroxylamine groups is 1. The minimum atomic E-state index is 0.103. The van der Waals surface area contributed by atoms with Crippen LogP contribution >= 0.6 is 0 Å². The van der Waals surface area contributed by atoms with Crippen LogP contribution in [0.1, 0.15) is 0 Å². The topological polar surface area (TPSA) is 51.6 Å². The van der Waals surface area contributed by atoms with Crippen LogP contribution in [-0.2, 0) is 0 Å². The summed E-state index contributed by atoms with van der Waals surface area (Å²) in [4.78, 5) is 0. The van der Waals surface area contributed by atoms with Crippen LogP contribution < -0.4 is 15.9 Å². The minimum absolute atomic E-state index is 0.103. The van der Waals surface area contributed by atoms with Crippen molar-refractivity contribution < 1.29 is 5.17 Å². The van der Waals surface area contributed by atoms with Crippen molar-refractivity contribution in [2.75, 3.05) is 19.8 Å². The molecule has 0 aromatic carbocycles. The van der Waals surface area contributed by atoms with Crippen molar-refractivity contribution >= 4 is 0 Å². The summed E-state index contributed by atoms with van der Waals surface area (Å²) in [6.45, 7) is 2.17. The Morgan fingerprint density at radius 1 is 1.43 bits per heavy atom. The highest BCUT2D eigenvalue weighted by molar-refractivity contribution is 4.43. The Kier molecular flexibility index (Phi) is 1.59. The van der Waals surface area contributed by atoms with Crippen LogP contribution in [0, 0.1) is 5.21 Å². The molecular formula is C3H9N3O. The Hall–Kier alpha value is -0.160. The first-order chi connectivity index (χ1) is 3.39. The van der Waals surface area contributed by atoms with Gasteiger partial charge >= 0.3 is 0 Å². The van der Waals surface area contributed by atoms with Gasteiger partial charge in [-0.1, -0.05) is 0 Å². The summed E-state index contributed by atoms with van der Waals surface area (Å²) in [7, 11) is 0. The van der Waals surface area contributed by atoms with Crippen LogP contribution in [0.15, 0.2) is 0 Å². The zero-order valence-electron chi connectivity index (χ0n) is 4.03. The number of rotatable bonds is 0. The first kappa shape index (κ1) is 4.99. The summed E-state index contributed by atoms with van der Waals surface area (Å²) < 4.78 is 0. The maximum Gasteiger partial charge on any atom is 0.148 e. The van der Waals surface area contributed by atoms with E-state index in [2.05, 4.69) is 10.7 Å². The van der Waals surface area contributed by atoms with Gasteiger partial charge in [-0.3, -0.25) is 10.5 Å². The maximum atomic E-state index is 10.3. The second-order valence-corrected chi connectivity index (χ2v) is 1.53. The van der Waals surface area contributed by atoms with Crippen LogP contribution in [0.3, 0.4) is 0 Å². The lowest BCUT2D eigenvalue weighted by atomic mass is 10.6. The molecule has 1 aliphatic heterocycles. The molecule has 0 aromatic heterocycles. The van der Waals surface area contributed by atoms with Gasteiger partial charge in [0.25, 0.3) is 0 Å². The summed E-state index contributed by atoms with van der Waals surface area (Å²) in [5.74, 6) is 0. The largest absolute Gasteiger partial charge is 0.612 e. The van der Waals surface area contributed by atoms with Gasteiger partial charge in [0.1, 0.15) is 6.67 Å². The van der Waals surface area contributed by atoms with Gasteiger partial charge in [-0.05, 0) is 0 Å². The van der Waals surface area contributed by atoms with E-state index in [9.17, 15) is 5.21 Å². The molecule has 0 saturated carbocycles. The van der Waals surface area contributed by atoms with Crippen molar-refractivity contribution in [2.24, 2.45) is 0 Å². The van der Waals surface area contributed by atoms with Gasteiger partial charge in [0.15, 0.2) is 0 Å². The molecule has 3 N–H and O–H groups in total. The highest BCUT2D eigenvalue weighted by atomic mass is 16.5. The molecular weight excluding hydrogens is 94.1 g/mol. The Bertz CT molecular complexity index is 52.1. The molecule has 1 saturated heterocycles. The van der Waals surface area contributed by atoms with E-state index in [-0.39, 0.29) is 5.17 Å². The Morgan fingerprint density at radius 2 is 2.29 bits per heavy atom. The Morgan fingerprint density at radius 3 is 2.57 bits per heavy atom. The summed E-state index contributed by atoms with van der Waals surface area (Å²) in [6.07, 6.45) is 0. The molecule has 7 heavy (non-hydrogen) atoms. The molecule has 1 fully saturated rings. The van der Waals surface area contributed by atoms with Crippen molar-refractivity contribution in [3.63, 3.8) is 0 Å². The van der Waals surface area contributed by atoms with E-state index in [1.165, 1.54) is 0 Å². The van der Waals surface area contributed by atoms with Gasteiger partial charge in [-0.25, -0.2) is 0 Å². The first-order valence-corrected chi connectivity index (χ1v) is 2.37. The lowest BCUT2D eigenvalue weighted by Crippen LogP contribution is -3.17. The number of quaternary nitrogens is 1. The SMILES string of the molecule is [O-][NH+]1CNCCN1. The van der Waals surface area contributed by atoms with E-state index in [0.29, 0.717) is 6.67 Å². The average Bonchev–Trinajstić information content (AvgIpc) is 1.69. The Labute approximate surface area is 42.0 Å². The highest BCUT2D eigenvalue weighted by Crippen LogP contribution is 1.53. The van der Waals surface area contributed by atoms with Crippen LogP contribution in [0.25, 0.3) is 0 Å². The fourth-order valence-corrected chi connectivity index (χ4v) is 0.555. The second kappa shape index (κ2) is 2.23. The normalized spacial score (nSPS) is 33.0. The maximum absolute atomic E-state index is 10.3. The fraction of sp³-hybridized carbons (Fsp3) is 1.00. The molecule has 1 aliphatic rings. The number of nitrogens with one attached hydrogen (secondary N) is 3. The van der Waals surface area contributed by atoms with E-state index in [1.807, 2.05) is 0 Å². The van der Waals surface area contributed by atoms with Crippen molar-refractivity contribution in [1.29, 1.82) is 0 Å². The molecule has 1 heterocycles. The summed E-state index contributed by atoms with van der Waals surface area (Å²) in [6, 6.07) is 0. The molecule has 4 nitrogen and oxygen atoms in total. The van der Waals surface area contributed by atoms with Crippen LogP contribution in [-0.4, -0.2) is 19.8 Å². The average molecular weight is 103 g/mol. The molecule has 0 spiro atoms. The van der Waals surface area contributed by atoms with Crippen molar-refractivity contribution in [2.45, 2.75) is 0 Å². The van der Waals surface area contributed by atoms with Gasteiger partial charge in [-0.2, -0.15) is 5.43 Å². The van der Waals surface area contributed by atoms with E-state index in [1.54, 1.807) is 0 Å². The Balaban J connectivity index is 2.12. The quantitative estimate of drug-likeness (QED) is 0.295. The van der Waals surface area contributed by atoms with Gasteiger partial charge in [0.05, 0.1) is 6.54 Å². The molecule has 42 valence electrons. The van der Waals surface area contributed by atoms with Crippen LogP contribution in [0.2, 0.25) is 0 Å². The molecule has 0 radical (unpaired) electrons. The summed E-state index contributed by atoms with van der Waals surface area (Å²) in [5.41, 5.74) is 2.68. The molecule has 1 atom stereocenters. The number of hydrogen-bond donors (Lipinski definition) is 3. The third kappa shape index (κ3) is 1.40. The third-order valence-corrected chi connectivity index (χ3v) is 0.910. The van der Waals surface area contributed by atoms with E-state index < -0.39 is 0 Å². The van der Waals surface area contributed by atoms with Crippen molar-refractivity contribution in [1.82, 2.24) is 10.7 Å². The predicted molar refractivity (Wildman–Crippen MR) is 25.2 cm³/mol. The number of hydrogen-bond acceptors (Lipinski definition) is 3. The molecule has 1 unspecified atom stereocenters. The molecule has 4 heteroatoms. The highest BCUT2D eigenvalue weighted by Gasteiger charge is 1.99.